The molecule has 0 spiro atoms. The lowest BCUT2D eigenvalue weighted by Gasteiger charge is -2.13. The molecule has 1 rings (SSSR count). The van der Waals surface area contributed by atoms with Crippen LogP contribution in [0.1, 0.15) is 19.4 Å². The fourth-order valence-corrected chi connectivity index (χ4v) is 2.28. The smallest absolute Gasteiger partial charge is 0.242 e. The Morgan fingerprint density at radius 2 is 2.00 bits per heavy atom. The van der Waals surface area contributed by atoms with Crippen molar-refractivity contribution < 1.29 is 13.2 Å². The summed E-state index contributed by atoms with van der Waals surface area (Å²) in [5.74, 6) is 0.657. The molecule has 16 heavy (non-hydrogen) atoms. The van der Waals surface area contributed by atoms with Crippen molar-refractivity contribution in [2.45, 2.75) is 25.7 Å². The first-order chi connectivity index (χ1) is 7.32. The van der Waals surface area contributed by atoms with Crippen LogP contribution in [0.25, 0.3) is 0 Å². The van der Waals surface area contributed by atoms with Gasteiger partial charge in [-0.15, -0.1) is 0 Å². The number of nitrogens with two attached hydrogens (primary N) is 1. The first-order valence-electron chi connectivity index (χ1n) is 5.07. The van der Waals surface area contributed by atoms with Gasteiger partial charge in [0.1, 0.15) is 10.6 Å². The minimum absolute atomic E-state index is 0.0793. The Balaban J connectivity index is 3.14. The van der Waals surface area contributed by atoms with Gasteiger partial charge in [-0.2, -0.15) is 0 Å². The van der Waals surface area contributed by atoms with Crippen molar-refractivity contribution in [2.24, 2.45) is 11.1 Å². The highest BCUT2D eigenvalue weighted by Crippen LogP contribution is 2.26. The summed E-state index contributed by atoms with van der Waals surface area (Å²) < 4.78 is 28.3. The molecule has 0 radical (unpaired) electrons. The van der Waals surface area contributed by atoms with Crippen LogP contribution < -0.4 is 9.88 Å². The molecule has 0 aliphatic heterocycles. The molecule has 0 heterocycles. The lowest BCUT2D eigenvalue weighted by molar-refractivity contribution is 0.264. The minimum atomic E-state index is -3.74. The molecule has 1 aromatic rings. The number of primary sulfonamides is 1. The van der Waals surface area contributed by atoms with Gasteiger partial charge in [0.05, 0.1) is 6.61 Å². The Bertz CT molecular complexity index is 466. The molecule has 4 nitrogen and oxygen atoms in total. The molecular formula is C11H17NO3S. The van der Waals surface area contributed by atoms with Gasteiger partial charge in [0, 0.05) is 0 Å². The second-order valence-electron chi connectivity index (χ2n) is 4.15. The van der Waals surface area contributed by atoms with Gasteiger partial charge in [-0.05, 0) is 24.5 Å². The highest BCUT2D eigenvalue weighted by Gasteiger charge is 2.17. The standard InChI is InChI=1S/C11H17NO3S/c1-8(2)7-15-10-6-4-5-9(3)11(10)16(12,13)14/h4-6,8H,7H2,1-3H3,(H2,12,13,14). The molecule has 0 bridgehead atoms. The van der Waals surface area contributed by atoms with E-state index in [1.54, 1.807) is 25.1 Å². The third-order valence-electron chi connectivity index (χ3n) is 2.03. The highest BCUT2D eigenvalue weighted by molar-refractivity contribution is 7.89. The van der Waals surface area contributed by atoms with Crippen LogP contribution in [0.15, 0.2) is 23.1 Å². The summed E-state index contributed by atoms with van der Waals surface area (Å²) in [6.07, 6.45) is 0. The maximum atomic E-state index is 11.4. The third kappa shape index (κ3) is 3.21. The number of rotatable bonds is 4. The Labute approximate surface area is 96.5 Å². The van der Waals surface area contributed by atoms with Crippen LogP contribution in [0.4, 0.5) is 0 Å². The second kappa shape index (κ2) is 4.84. The Morgan fingerprint density at radius 3 is 2.50 bits per heavy atom. The molecule has 5 heteroatoms. The van der Waals surface area contributed by atoms with E-state index < -0.39 is 10.0 Å². The topological polar surface area (TPSA) is 69.4 Å². The van der Waals surface area contributed by atoms with Crippen molar-refractivity contribution in [3.63, 3.8) is 0 Å². The SMILES string of the molecule is Cc1cccc(OCC(C)C)c1S(N)(=O)=O. The van der Waals surface area contributed by atoms with E-state index >= 15 is 0 Å². The molecular weight excluding hydrogens is 226 g/mol. The van der Waals surface area contributed by atoms with E-state index in [2.05, 4.69) is 0 Å². The quantitative estimate of drug-likeness (QED) is 0.874. The number of aryl methyl sites for hydroxylation is 1. The van der Waals surface area contributed by atoms with E-state index in [1.165, 1.54) is 0 Å². The van der Waals surface area contributed by atoms with Gasteiger partial charge in [0.15, 0.2) is 0 Å². The van der Waals surface area contributed by atoms with Gasteiger partial charge in [0.2, 0.25) is 10.0 Å². The molecule has 0 saturated heterocycles. The molecule has 0 aliphatic carbocycles. The van der Waals surface area contributed by atoms with Crippen LogP contribution >= 0.6 is 0 Å². The summed E-state index contributed by atoms with van der Waals surface area (Å²) in [7, 11) is -3.74. The summed E-state index contributed by atoms with van der Waals surface area (Å²) in [4.78, 5) is 0.0793. The summed E-state index contributed by atoms with van der Waals surface area (Å²) >= 11 is 0. The van der Waals surface area contributed by atoms with E-state index in [1.807, 2.05) is 13.8 Å². The van der Waals surface area contributed by atoms with Gasteiger partial charge >= 0.3 is 0 Å². The predicted molar refractivity (Wildman–Crippen MR) is 62.9 cm³/mol. The zero-order valence-corrected chi connectivity index (χ0v) is 10.5. The van der Waals surface area contributed by atoms with Gasteiger partial charge in [-0.3, -0.25) is 0 Å². The van der Waals surface area contributed by atoms with Crippen LogP contribution in [-0.2, 0) is 10.0 Å². The van der Waals surface area contributed by atoms with E-state index in [9.17, 15) is 8.42 Å². The van der Waals surface area contributed by atoms with Crippen molar-refractivity contribution in [1.82, 2.24) is 0 Å². The minimum Gasteiger partial charge on any atom is -0.492 e. The molecule has 0 unspecified atom stereocenters. The second-order valence-corrected chi connectivity index (χ2v) is 5.65. The summed E-state index contributed by atoms with van der Waals surface area (Å²) in [6.45, 7) is 6.15. The van der Waals surface area contributed by atoms with E-state index in [0.29, 0.717) is 23.8 Å². The summed E-state index contributed by atoms with van der Waals surface area (Å²) in [5, 5.41) is 5.16. The normalized spacial score (nSPS) is 11.8. The zero-order valence-electron chi connectivity index (χ0n) is 9.73. The maximum Gasteiger partial charge on any atom is 0.242 e. The largest absolute Gasteiger partial charge is 0.492 e. The lowest BCUT2D eigenvalue weighted by Crippen LogP contribution is -2.16. The Hall–Kier alpha value is -1.07. The fourth-order valence-electron chi connectivity index (χ4n) is 1.36. The lowest BCUT2D eigenvalue weighted by atomic mass is 10.2. The molecule has 1 aromatic carbocycles. The molecule has 2 N–H and O–H groups in total. The monoisotopic (exact) mass is 243 g/mol. The van der Waals surface area contributed by atoms with Crippen LogP contribution in [0.3, 0.4) is 0 Å². The molecule has 90 valence electrons. The summed E-state index contributed by atoms with van der Waals surface area (Å²) in [6, 6.07) is 5.07. The van der Waals surface area contributed by atoms with Crippen molar-refractivity contribution in [3.8, 4) is 5.75 Å². The van der Waals surface area contributed by atoms with Gasteiger partial charge < -0.3 is 4.74 Å². The molecule has 0 amide bonds. The predicted octanol–water partition coefficient (Wildman–Crippen LogP) is 1.68. The number of hydrogen-bond donors (Lipinski definition) is 1. The molecule has 0 fully saturated rings. The van der Waals surface area contributed by atoms with Gasteiger partial charge in [-0.1, -0.05) is 26.0 Å². The van der Waals surface area contributed by atoms with E-state index in [4.69, 9.17) is 9.88 Å². The fraction of sp³-hybridized carbons (Fsp3) is 0.455. The summed E-state index contributed by atoms with van der Waals surface area (Å²) in [5.41, 5.74) is 0.601. The number of benzene rings is 1. The van der Waals surface area contributed by atoms with E-state index in [-0.39, 0.29) is 4.90 Å². The first-order valence-corrected chi connectivity index (χ1v) is 6.62. The highest BCUT2D eigenvalue weighted by atomic mass is 32.2. The number of ether oxygens (including phenoxy) is 1. The molecule has 0 aliphatic rings. The van der Waals surface area contributed by atoms with Crippen molar-refractivity contribution >= 4 is 10.0 Å². The molecule has 0 saturated carbocycles. The first kappa shape index (κ1) is 13.0. The van der Waals surface area contributed by atoms with Crippen molar-refractivity contribution in [1.29, 1.82) is 0 Å². The van der Waals surface area contributed by atoms with E-state index in [0.717, 1.165) is 0 Å². The number of sulfonamides is 1. The average Bonchev–Trinajstić information content (AvgIpc) is 2.12. The maximum absolute atomic E-state index is 11.4. The third-order valence-corrected chi connectivity index (χ3v) is 3.12. The van der Waals surface area contributed by atoms with Crippen molar-refractivity contribution in [2.75, 3.05) is 6.61 Å². The Kier molecular flexibility index (Phi) is 3.93. The van der Waals surface area contributed by atoms with Crippen LogP contribution in [-0.4, -0.2) is 15.0 Å². The zero-order chi connectivity index (χ0) is 12.3. The molecule has 0 atom stereocenters. The molecule has 0 aromatic heterocycles. The van der Waals surface area contributed by atoms with Gasteiger partial charge in [0.25, 0.3) is 0 Å². The van der Waals surface area contributed by atoms with Crippen LogP contribution in [0.2, 0.25) is 0 Å². The Morgan fingerprint density at radius 1 is 1.38 bits per heavy atom. The van der Waals surface area contributed by atoms with Crippen LogP contribution in [0, 0.1) is 12.8 Å². The van der Waals surface area contributed by atoms with Crippen LogP contribution in [0.5, 0.6) is 5.75 Å². The van der Waals surface area contributed by atoms with Gasteiger partial charge in [-0.25, -0.2) is 13.6 Å². The number of hydrogen-bond acceptors (Lipinski definition) is 3. The van der Waals surface area contributed by atoms with Crippen molar-refractivity contribution in [3.05, 3.63) is 23.8 Å². The average molecular weight is 243 g/mol.